The van der Waals surface area contributed by atoms with Crippen molar-refractivity contribution in [2.75, 3.05) is 32.7 Å². The second-order valence-electron chi connectivity index (χ2n) is 14.0. The largest absolute Gasteiger partial charge is 0.479 e. The van der Waals surface area contributed by atoms with Crippen molar-refractivity contribution in [3.05, 3.63) is 6.33 Å². The lowest BCUT2D eigenvalue weighted by molar-refractivity contribution is -0.148. The predicted molar refractivity (Wildman–Crippen MR) is 166 cm³/mol. The Morgan fingerprint density at radius 3 is 2.09 bits per heavy atom. The van der Waals surface area contributed by atoms with Crippen LogP contribution in [-0.4, -0.2) is 98.5 Å². The van der Waals surface area contributed by atoms with Gasteiger partial charge in [-0.15, -0.1) is 0 Å². The fraction of sp³-hybridized carbons (Fsp3) is 0.750. The van der Waals surface area contributed by atoms with Gasteiger partial charge in [0.15, 0.2) is 17.4 Å². The highest BCUT2D eigenvalue weighted by Crippen LogP contribution is 2.44. The Morgan fingerprint density at radius 1 is 1.09 bits per heavy atom. The Bertz CT molecular complexity index is 1400. The third-order valence-corrected chi connectivity index (χ3v) is 8.72. The highest BCUT2D eigenvalue weighted by Gasteiger charge is 2.54. The normalized spacial score (nSPS) is 23.7. The Morgan fingerprint density at radius 2 is 1.61 bits per heavy atom. The van der Waals surface area contributed by atoms with Crippen molar-refractivity contribution < 1.29 is 47.8 Å². The first kappa shape index (κ1) is 37.5. The van der Waals surface area contributed by atoms with Crippen LogP contribution in [0, 0.1) is 10.8 Å². The number of anilines is 1. The summed E-state index contributed by atoms with van der Waals surface area (Å²) < 4.78 is 43.2. The lowest BCUT2D eigenvalue weighted by Crippen LogP contribution is -2.45. The molecule has 18 heteroatoms. The smallest absolute Gasteiger partial charge is 0.342 e. The van der Waals surface area contributed by atoms with Gasteiger partial charge in [-0.2, -0.15) is 9.97 Å². The number of imidazole rings is 1. The SMILES string of the molecule is COc1nc(N)nc2c1ncn2[C@@H]1O[C@H](COP(=O)(N[C@@H](C)C(=O)OCC(C)(C)C)N[C@@H](C)C(=O)OCC(C)(C)C)[C@@H](O)[C@@]1(C)O. The Labute approximate surface area is 268 Å². The topological polar surface area (TPSA) is 231 Å². The first-order valence-corrected chi connectivity index (χ1v) is 16.4. The van der Waals surface area contributed by atoms with Crippen molar-refractivity contribution in [1.82, 2.24) is 29.7 Å². The van der Waals surface area contributed by atoms with E-state index < -0.39 is 62.3 Å². The molecule has 1 aliphatic heterocycles. The molecule has 2 aromatic rings. The lowest BCUT2D eigenvalue weighted by atomic mass is 9.96. The van der Waals surface area contributed by atoms with E-state index in [4.69, 9.17) is 29.2 Å². The number of nitrogens with two attached hydrogens (primary N) is 1. The van der Waals surface area contributed by atoms with Crippen LogP contribution in [0.2, 0.25) is 0 Å². The standard InChI is InChI=1S/C28H48N7O10P/c1-15(22(37)42-12-26(3,4)5)33-46(40,34-16(2)23(38)43-13-27(6,7)8)44-11-17-19(36)28(9,39)24(45-17)35-14-30-18-20(35)31-25(29)32-21(18)41-10/h14-17,19,24,36,39H,11-13H2,1-10H3,(H2,29,31,32)(H2,33,34,40)/t15-,16-,17+,19+,24+,28+/m0/s1. The van der Waals surface area contributed by atoms with E-state index in [9.17, 15) is 24.4 Å². The van der Waals surface area contributed by atoms with Gasteiger partial charge in [-0.25, -0.2) is 15.2 Å². The molecular weight excluding hydrogens is 625 g/mol. The molecular formula is C28H48N7O10P. The van der Waals surface area contributed by atoms with E-state index >= 15 is 0 Å². The number of hydrogen-bond acceptors (Lipinski definition) is 14. The number of aromatic nitrogens is 4. The summed E-state index contributed by atoms with van der Waals surface area (Å²) in [5, 5.41) is 27.6. The molecule has 0 unspecified atom stereocenters. The van der Waals surface area contributed by atoms with Gasteiger partial charge in [-0.3, -0.25) is 18.7 Å². The molecule has 0 bridgehead atoms. The third kappa shape index (κ3) is 9.33. The fourth-order valence-corrected chi connectivity index (χ4v) is 6.14. The van der Waals surface area contributed by atoms with Crippen LogP contribution in [0.1, 0.15) is 68.5 Å². The molecule has 6 N–H and O–H groups in total. The van der Waals surface area contributed by atoms with Crippen LogP contribution in [0.3, 0.4) is 0 Å². The molecule has 0 aromatic carbocycles. The first-order chi connectivity index (χ1) is 21.1. The van der Waals surface area contributed by atoms with Gasteiger partial charge >= 0.3 is 19.6 Å². The molecule has 46 heavy (non-hydrogen) atoms. The molecule has 0 amide bonds. The average Bonchev–Trinajstić information content (AvgIpc) is 3.44. The minimum Gasteiger partial charge on any atom is -0.479 e. The number of esters is 2. The maximum absolute atomic E-state index is 14.1. The monoisotopic (exact) mass is 673 g/mol. The van der Waals surface area contributed by atoms with Crippen molar-refractivity contribution in [3.8, 4) is 5.88 Å². The van der Waals surface area contributed by atoms with Gasteiger partial charge < -0.3 is 39.4 Å². The second-order valence-corrected chi connectivity index (χ2v) is 15.9. The third-order valence-electron chi connectivity index (χ3n) is 6.76. The lowest BCUT2D eigenvalue weighted by Gasteiger charge is -2.28. The zero-order valence-electron chi connectivity index (χ0n) is 28.1. The predicted octanol–water partition coefficient (Wildman–Crippen LogP) is 1.69. The fourth-order valence-electron chi connectivity index (χ4n) is 4.33. The maximum Gasteiger partial charge on any atom is 0.342 e. The van der Waals surface area contributed by atoms with E-state index in [2.05, 4.69) is 25.1 Å². The van der Waals surface area contributed by atoms with Crippen LogP contribution >= 0.6 is 7.67 Å². The van der Waals surface area contributed by atoms with Gasteiger partial charge in [0.25, 0.3) is 0 Å². The van der Waals surface area contributed by atoms with E-state index in [0.29, 0.717) is 0 Å². The van der Waals surface area contributed by atoms with Gasteiger partial charge in [-0.05, 0) is 31.6 Å². The van der Waals surface area contributed by atoms with Crippen molar-refractivity contribution in [3.63, 3.8) is 0 Å². The molecule has 6 atom stereocenters. The van der Waals surface area contributed by atoms with Crippen LogP contribution in [-0.2, 0) is 32.9 Å². The molecule has 0 aliphatic carbocycles. The molecule has 0 radical (unpaired) electrons. The summed E-state index contributed by atoms with van der Waals surface area (Å²) in [5.41, 5.74) is 3.68. The summed E-state index contributed by atoms with van der Waals surface area (Å²) in [6.45, 7) is 15.2. The van der Waals surface area contributed by atoms with Crippen molar-refractivity contribution in [2.24, 2.45) is 10.8 Å². The number of aliphatic hydroxyl groups is 2. The number of rotatable bonds is 13. The highest BCUT2D eigenvalue weighted by molar-refractivity contribution is 7.54. The highest BCUT2D eigenvalue weighted by atomic mass is 31.2. The van der Waals surface area contributed by atoms with E-state index in [0.717, 1.165) is 0 Å². The van der Waals surface area contributed by atoms with Crippen LogP contribution < -0.4 is 20.6 Å². The Hall–Kier alpha value is -2.92. The number of carbonyl (C=O) groups excluding carboxylic acids is 2. The summed E-state index contributed by atoms with van der Waals surface area (Å²) in [6.07, 6.45) is -2.74. The van der Waals surface area contributed by atoms with Gasteiger partial charge in [0.2, 0.25) is 11.8 Å². The summed E-state index contributed by atoms with van der Waals surface area (Å²) in [7, 11) is -2.89. The summed E-state index contributed by atoms with van der Waals surface area (Å²) >= 11 is 0. The molecule has 2 aromatic heterocycles. The van der Waals surface area contributed by atoms with Crippen molar-refractivity contribution in [1.29, 1.82) is 0 Å². The second kappa shape index (κ2) is 14.1. The molecule has 0 saturated carbocycles. The Balaban J connectivity index is 1.83. The molecule has 1 aliphatic rings. The number of aliphatic hydroxyl groups excluding tert-OH is 1. The zero-order chi connectivity index (χ0) is 34.8. The van der Waals surface area contributed by atoms with E-state index in [1.165, 1.54) is 38.8 Å². The number of methoxy groups -OCH3 is 1. The minimum absolute atomic E-state index is 0.0997. The quantitative estimate of drug-likeness (QED) is 0.150. The van der Waals surface area contributed by atoms with E-state index in [-0.39, 0.29) is 47.0 Å². The maximum atomic E-state index is 14.1. The summed E-state index contributed by atoms with van der Waals surface area (Å²) in [4.78, 5) is 37.9. The van der Waals surface area contributed by atoms with Gasteiger partial charge in [0, 0.05) is 0 Å². The van der Waals surface area contributed by atoms with Crippen LogP contribution in [0.15, 0.2) is 6.33 Å². The summed E-state index contributed by atoms with van der Waals surface area (Å²) in [6, 6.07) is -2.28. The number of fused-ring (bicyclic) bond motifs is 1. The molecule has 3 rings (SSSR count). The molecule has 1 fully saturated rings. The average molecular weight is 674 g/mol. The van der Waals surface area contributed by atoms with Crippen LogP contribution in [0.25, 0.3) is 11.2 Å². The Kier molecular flexibility index (Phi) is 11.5. The minimum atomic E-state index is -4.27. The molecule has 3 heterocycles. The molecule has 1 saturated heterocycles. The molecule has 0 spiro atoms. The van der Waals surface area contributed by atoms with E-state index in [1.807, 2.05) is 41.5 Å². The number of nitrogens with one attached hydrogen (secondary N) is 2. The zero-order valence-corrected chi connectivity index (χ0v) is 29.0. The van der Waals surface area contributed by atoms with E-state index in [1.54, 1.807) is 0 Å². The van der Waals surface area contributed by atoms with Crippen LogP contribution in [0.5, 0.6) is 5.88 Å². The number of nitrogen functional groups attached to an aromatic ring is 1. The van der Waals surface area contributed by atoms with Gasteiger partial charge in [-0.1, -0.05) is 41.5 Å². The van der Waals surface area contributed by atoms with Crippen LogP contribution in [0.4, 0.5) is 5.95 Å². The summed E-state index contributed by atoms with van der Waals surface area (Å²) in [5.74, 6) is -1.42. The van der Waals surface area contributed by atoms with Crippen molar-refractivity contribution >= 4 is 36.7 Å². The molecule has 17 nitrogen and oxygen atoms in total. The number of nitrogens with zero attached hydrogens (tertiary/aromatic N) is 4. The number of hydrogen-bond donors (Lipinski definition) is 5. The van der Waals surface area contributed by atoms with Crippen molar-refractivity contribution in [2.45, 2.75) is 98.4 Å². The molecule has 260 valence electrons. The number of carbonyl (C=O) groups is 2. The first-order valence-electron chi connectivity index (χ1n) is 14.8. The van der Waals surface area contributed by atoms with Gasteiger partial charge in [0.05, 0.1) is 33.3 Å². The number of ether oxygens (including phenoxy) is 4. The van der Waals surface area contributed by atoms with Gasteiger partial charge in [0.1, 0.15) is 29.9 Å².